The fourth-order valence-electron chi connectivity index (χ4n) is 5.37. The van der Waals surface area contributed by atoms with Gasteiger partial charge < -0.3 is 15.3 Å². The molecule has 2 amide bonds. The Morgan fingerprint density at radius 3 is 2.44 bits per heavy atom. The molecule has 0 bridgehead atoms. The average Bonchev–Trinajstić information content (AvgIpc) is 3.50. The van der Waals surface area contributed by atoms with E-state index in [1.54, 1.807) is 22.9 Å². The number of nitrogens with zero attached hydrogens (tertiary/aromatic N) is 4. The summed E-state index contributed by atoms with van der Waals surface area (Å²) >= 11 is 0. The molecule has 1 aromatic heterocycles. The van der Waals surface area contributed by atoms with E-state index in [4.69, 9.17) is 0 Å². The number of hydrogen-bond acceptors (Lipinski definition) is 5. The number of benzene rings is 2. The molecule has 1 saturated heterocycles. The molecule has 1 aliphatic heterocycles. The summed E-state index contributed by atoms with van der Waals surface area (Å²) in [5.41, 5.74) is 2.51. The van der Waals surface area contributed by atoms with Gasteiger partial charge in [-0.3, -0.25) is 9.59 Å². The Bertz CT molecular complexity index is 1350. The van der Waals surface area contributed by atoms with Crippen LogP contribution in [0, 0.1) is 11.2 Å². The lowest BCUT2D eigenvalue weighted by Gasteiger charge is -2.34. The fourth-order valence-corrected chi connectivity index (χ4v) is 5.37. The molecule has 8 nitrogen and oxygen atoms in total. The van der Waals surface area contributed by atoms with E-state index in [0.29, 0.717) is 11.5 Å². The normalized spacial score (nSPS) is 21.0. The number of β-amino-alcohol motifs (C(OH)–C–C–N with tert-alkyl or cyclic N) is 1. The molecule has 3 aromatic rings. The molecule has 0 spiro atoms. The van der Waals surface area contributed by atoms with Gasteiger partial charge in [-0.15, -0.1) is 5.10 Å². The van der Waals surface area contributed by atoms with Gasteiger partial charge in [-0.25, -0.2) is 9.07 Å². The summed E-state index contributed by atoms with van der Waals surface area (Å²) in [5.74, 6) is -0.466. The molecular formula is C30H36FN5O3. The van der Waals surface area contributed by atoms with E-state index in [1.165, 1.54) is 11.0 Å². The van der Waals surface area contributed by atoms with Gasteiger partial charge in [-0.1, -0.05) is 68.4 Å². The first-order chi connectivity index (χ1) is 18.5. The average molecular weight is 534 g/mol. The number of halogens is 1. The van der Waals surface area contributed by atoms with Crippen LogP contribution in [0.5, 0.6) is 0 Å². The molecule has 1 aliphatic carbocycles. The van der Waals surface area contributed by atoms with Gasteiger partial charge in [0.1, 0.15) is 17.9 Å². The molecule has 2 aromatic carbocycles. The summed E-state index contributed by atoms with van der Waals surface area (Å²) in [4.78, 5) is 28.8. The second kappa shape index (κ2) is 10.5. The van der Waals surface area contributed by atoms with Crippen molar-refractivity contribution in [2.24, 2.45) is 5.41 Å². The summed E-state index contributed by atoms with van der Waals surface area (Å²) in [7, 11) is 0. The Balaban J connectivity index is 1.31. The Morgan fingerprint density at radius 2 is 1.79 bits per heavy atom. The van der Waals surface area contributed by atoms with E-state index in [-0.39, 0.29) is 36.6 Å². The van der Waals surface area contributed by atoms with E-state index in [9.17, 15) is 19.1 Å². The van der Waals surface area contributed by atoms with Gasteiger partial charge >= 0.3 is 0 Å². The number of hydrogen-bond donors (Lipinski definition) is 2. The van der Waals surface area contributed by atoms with Gasteiger partial charge in [0.25, 0.3) is 0 Å². The van der Waals surface area contributed by atoms with Crippen molar-refractivity contribution in [3.8, 4) is 11.1 Å². The highest BCUT2D eigenvalue weighted by Crippen LogP contribution is 2.40. The van der Waals surface area contributed by atoms with Crippen LogP contribution in [0.15, 0.2) is 54.7 Å². The van der Waals surface area contributed by atoms with Crippen LogP contribution >= 0.6 is 0 Å². The van der Waals surface area contributed by atoms with Crippen LogP contribution in [-0.4, -0.2) is 55.5 Å². The largest absolute Gasteiger partial charge is 0.391 e. The number of amides is 2. The predicted octanol–water partition coefficient (Wildman–Crippen LogP) is 4.39. The number of aliphatic hydroxyl groups is 1. The minimum absolute atomic E-state index is 0.0827. The van der Waals surface area contributed by atoms with Gasteiger partial charge in [-0.05, 0) is 42.4 Å². The zero-order chi connectivity index (χ0) is 27.9. The second-order valence-electron chi connectivity index (χ2n) is 11.9. The lowest BCUT2D eigenvalue weighted by atomic mass is 9.85. The van der Waals surface area contributed by atoms with Crippen molar-refractivity contribution in [1.29, 1.82) is 0 Å². The number of likely N-dealkylation sites (tertiary alicyclic amines) is 1. The first-order valence-electron chi connectivity index (χ1n) is 13.6. The summed E-state index contributed by atoms with van der Waals surface area (Å²) in [6.45, 7) is 7.83. The Morgan fingerprint density at radius 1 is 1.10 bits per heavy atom. The minimum atomic E-state index is -0.802. The zero-order valence-corrected chi connectivity index (χ0v) is 22.8. The van der Waals surface area contributed by atoms with Gasteiger partial charge in [0.15, 0.2) is 0 Å². The highest BCUT2D eigenvalue weighted by molar-refractivity contribution is 5.90. The zero-order valence-electron chi connectivity index (χ0n) is 22.8. The maximum Gasteiger partial charge on any atom is 0.248 e. The molecule has 9 heteroatoms. The van der Waals surface area contributed by atoms with E-state index in [2.05, 4.69) is 15.6 Å². The van der Waals surface area contributed by atoms with Crippen LogP contribution in [0.2, 0.25) is 0 Å². The van der Waals surface area contributed by atoms with Crippen molar-refractivity contribution in [3.63, 3.8) is 0 Å². The van der Waals surface area contributed by atoms with Crippen molar-refractivity contribution in [2.75, 3.05) is 6.54 Å². The van der Waals surface area contributed by atoms with Crippen LogP contribution in [0.25, 0.3) is 11.1 Å². The monoisotopic (exact) mass is 533 g/mol. The third-order valence-electron chi connectivity index (χ3n) is 7.66. The molecule has 4 atom stereocenters. The SMILES string of the molecule is C[C@@H](NC(=O)[C@@H]1C[C@@H](O)CN1C(=O)C(n1cc(C2CC2)nn1)C(C)(C)C)c1ccc(-c2ccccc2F)cc1. The molecule has 1 saturated carbocycles. The van der Waals surface area contributed by atoms with Crippen LogP contribution < -0.4 is 5.32 Å². The summed E-state index contributed by atoms with van der Waals surface area (Å²) in [5, 5.41) is 22.1. The van der Waals surface area contributed by atoms with Crippen LogP contribution in [0.3, 0.4) is 0 Å². The summed E-state index contributed by atoms with van der Waals surface area (Å²) < 4.78 is 15.8. The summed E-state index contributed by atoms with van der Waals surface area (Å²) in [6, 6.07) is 12.1. The van der Waals surface area contributed by atoms with E-state index in [1.807, 2.05) is 58.2 Å². The number of aromatic nitrogens is 3. The van der Waals surface area contributed by atoms with Crippen molar-refractivity contribution in [2.45, 2.75) is 77.1 Å². The first-order valence-corrected chi connectivity index (χ1v) is 13.6. The number of carbonyl (C=O) groups excluding carboxylic acids is 2. The van der Waals surface area contributed by atoms with Crippen LogP contribution in [0.1, 0.15) is 76.2 Å². The Labute approximate surface area is 228 Å². The van der Waals surface area contributed by atoms with Crippen LogP contribution in [0.4, 0.5) is 4.39 Å². The van der Waals surface area contributed by atoms with Crippen molar-refractivity contribution in [1.82, 2.24) is 25.2 Å². The van der Waals surface area contributed by atoms with E-state index in [0.717, 1.165) is 29.7 Å². The van der Waals surface area contributed by atoms with E-state index < -0.39 is 23.6 Å². The maximum absolute atomic E-state index is 14.2. The summed E-state index contributed by atoms with van der Waals surface area (Å²) in [6.07, 6.45) is 3.38. The van der Waals surface area contributed by atoms with Gasteiger partial charge in [0.2, 0.25) is 11.8 Å². The molecule has 0 radical (unpaired) electrons. The number of carbonyl (C=O) groups is 2. The number of nitrogens with one attached hydrogen (secondary N) is 1. The molecule has 1 unspecified atom stereocenters. The Hall–Kier alpha value is -3.59. The van der Waals surface area contributed by atoms with Gasteiger partial charge in [0, 0.05) is 30.6 Å². The molecular weight excluding hydrogens is 497 g/mol. The van der Waals surface area contributed by atoms with Crippen LogP contribution in [-0.2, 0) is 9.59 Å². The van der Waals surface area contributed by atoms with Crippen molar-refractivity contribution in [3.05, 3.63) is 71.8 Å². The lowest BCUT2D eigenvalue weighted by molar-refractivity contribution is -0.144. The molecule has 2 aliphatic rings. The topological polar surface area (TPSA) is 100 Å². The number of rotatable bonds is 7. The van der Waals surface area contributed by atoms with Gasteiger partial charge in [0.05, 0.1) is 17.8 Å². The third-order valence-corrected chi connectivity index (χ3v) is 7.66. The second-order valence-corrected chi connectivity index (χ2v) is 11.9. The Kier molecular flexibility index (Phi) is 7.29. The number of aliphatic hydroxyl groups excluding tert-OH is 1. The predicted molar refractivity (Wildman–Crippen MR) is 145 cm³/mol. The molecule has 2 fully saturated rings. The standard InChI is InChI=1S/C30H36FN5O3/c1-18(19-9-11-20(12-10-19)23-7-5-6-8-24(23)31)32-28(38)26-15-22(37)16-35(26)29(39)27(30(2,3)4)36-17-25(33-34-36)21-13-14-21/h5-12,17-18,21-22,26-27,37H,13-16H2,1-4H3,(H,32,38)/t18-,22-,26+,27?/m1/s1. The molecule has 2 N–H and O–H groups in total. The highest BCUT2D eigenvalue weighted by atomic mass is 19.1. The smallest absolute Gasteiger partial charge is 0.248 e. The molecule has 206 valence electrons. The third kappa shape index (κ3) is 5.73. The highest BCUT2D eigenvalue weighted by Gasteiger charge is 2.45. The first kappa shape index (κ1) is 27.0. The minimum Gasteiger partial charge on any atom is -0.391 e. The molecule has 5 rings (SSSR count). The van der Waals surface area contributed by atoms with E-state index >= 15 is 0 Å². The maximum atomic E-state index is 14.2. The fraction of sp³-hybridized carbons (Fsp3) is 0.467. The van der Waals surface area contributed by atoms with Crippen molar-refractivity contribution < 1.29 is 19.1 Å². The quantitative estimate of drug-likeness (QED) is 0.469. The lowest BCUT2D eigenvalue weighted by Crippen LogP contribution is -2.50. The molecule has 2 heterocycles. The molecule has 39 heavy (non-hydrogen) atoms. The van der Waals surface area contributed by atoms with Gasteiger partial charge in [-0.2, -0.15) is 0 Å². The van der Waals surface area contributed by atoms with Crippen molar-refractivity contribution >= 4 is 11.8 Å².